The summed E-state index contributed by atoms with van der Waals surface area (Å²) in [7, 11) is 0. The fourth-order valence-electron chi connectivity index (χ4n) is 1.72. The minimum atomic E-state index is -0.266. The number of nitrogens with one attached hydrogen (secondary N) is 1. The third-order valence-electron chi connectivity index (χ3n) is 2.63. The van der Waals surface area contributed by atoms with Crippen LogP contribution in [0.2, 0.25) is 0 Å². The van der Waals surface area contributed by atoms with Crippen LogP contribution in [0.25, 0.3) is 0 Å². The van der Waals surface area contributed by atoms with E-state index in [-0.39, 0.29) is 18.1 Å². The Labute approximate surface area is 102 Å². The second-order valence-corrected chi connectivity index (χ2v) is 4.98. The Hall–Kier alpha value is -1.07. The van der Waals surface area contributed by atoms with E-state index in [0.717, 1.165) is 4.47 Å². The molecular formula is C11H13BrN2O2. The number of hydrogen-bond donors (Lipinski definition) is 3. The Bertz CT molecular complexity index is 396. The van der Waals surface area contributed by atoms with Crippen molar-refractivity contribution in [2.24, 2.45) is 0 Å². The van der Waals surface area contributed by atoms with Crippen molar-refractivity contribution in [1.82, 2.24) is 5.32 Å². The molecule has 1 aromatic carbocycles. The summed E-state index contributed by atoms with van der Waals surface area (Å²) in [5.74, 6) is -0.148. The predicted octanol–water partition coefficient (Wildman–Crippen LogP) is 1.28. The third-order valence-corrected chi connectivity index (χ3v) is 3.09. The number of nitrogens with two attached hydrogens (primary N) is 1. The maximum atomic E-state index is 11.8. The molecule has 1 aromatic rings. The minimum Gasteiger partial charge on any atom is -0.399 e. The normalized spacial score (nSPS) is 23.6. The third kappa shape index (κ3) is 2.54. The molecular weight excluding hydrogens is 272 g/mol. The fourth-order valence-corrected chi connectivity index (χ4v) is 2.23. The van der Waals surface area contributed by atoms with Crippen LogP contribution < -0.4 is 11.1 Å². The van der Waals surface area contributed by atoms with E-state index in [4.69, 9.17) is 10.8 Å². The molecule has 4 nitrogen and oxygen atoms in total. The first-order chi connectivity index (χ1) is 7.54. The lowest BCUT2D eigenvalue weighted by molar-refractivity contribution is 0.0562. The van der Waals surface area contributed by atoms with Gasteiger partial charge in [-0.25, -0.2) is 0 Å². The van der Waals surface area contributed by atoms with Crippen molar-refractivity contribution >= 4 is 27.5 Å². The summed E-state index contributed by atoms with van der Waals surface area (Å²) in [4.78, 5) is 11.8. The van der Waals surface area contributed by atoms with Crippen LogP contribution in [-0.4, -0.2) is 23.2 Å². The highest BCUT2D eigenvalue weighted by molar-refractivity contribution is 9.10. The summed E-state index contributed by atoms with van der Waals surface area (Å²) in [6, 6.07) is 5.18. The van der Waals surface area contributed by atoms with Gasteiger partial charge in [0.25, 0.3) is 5.91 Å². The molecule has 0 unspecified atom stereocenters. The summed E-state index contributed by atoms with van der Waals surface area (Å²) < 4.78 is 0.784. The highest BCUT2D eigenvalue weighted by Gasteiger charge is 2.28. The number of rotatable bonds is 2. The number of halogens is 1. The highest BCUT2D eigenvalue weighted by Crippen LogP contribution is 2.21. The van der Waals surface area contributed by atoms with Gasteiger partial charge in [-0.2, -0.15) is 0 Å². The van der Waals surface area contributed by atoms with Crippen molar-refractivity contribution in [1.29, 1.82) is 0 Å². The number of nitrogen functional groups attached to an aromatic ring is 1. The van der Waals surface area contributed by atoms with Crippen molar-refractivity contribution in [3.63, 3.8) is 0 Å². The molecule has 1 aliphatic rings. The van der Waals surface area contributed by atoms with E-state index in [0.29, 0.717) is 24.1 Å². The van der Waals surface area contributed by atoms with Crippen LogP contribution in [0.1, 0.15) is 23.2 Å². The van der Waals surface area contributed by atoms with Gasteiger partial charge in [0, 0.05) is 21.8 Å². The topological polar surface area (TPSA) is 75.4 Å². The quantitative estimate of drug-likeness (QED) is 0.717. The molecule has 1 saturated carbocycles. The van der Waals surface area contributed by atoms with Gasteiger partial charge in [-0.05, 0) is 31.0 Å². The Morgan fingerprint density at radius 3 is 2.69 bits per heavy atom. The summed E-state index contributed by atoms with van der Waals surface area (Å²) in [6.45, 7) is 0. The van der Waals surface area contributed by atoms with Gasteiger partial charge in [-0.1, -0.05) is 15.9 Å². The Morgan fingerprint density at radius 2 is 2.12 bits per heavy atom. The minimum absolute atomic E-state index is 0.0858. The number of aliphatic hydroxyl groups is 1. The van der Waals surface area contributed by atoms with Gasteiger partial charge in [-0.15, -0.1) is 0 Å². The van der Waals surface area contributed by atoms with Crippen molar-refractivity contribution < 1.29 is 9.90 Å². The zero-order valence-corrected chi connectivity index (χ0v) is 10.2. The van der Waals surface area contributed by atoms with Crippen LogP contribution in [0.4, 0.5) is 5.69 Å². The van der Waals surface area contributed by atoms with E-state index in [2.05, 4.69) is 21.2 Å². The molecule has 0 spiro atoms. The Balaban J connectivity index is 2.03. The smallest absolute Gasteiger partial charge is 0.251 e. The standard InChI is InChI=1S/C11H13BrN2O2/c12-7-1-6(2-8(13)3-7)11(16)14-9-4-10(15)5-9/h1-3,9-10,15H,4-5,13H2,(H,14,16). The van der Waals surface area contributed by atoms with Crippen LogP contribution in [0, 0.1) is 0 Å². The van der Waals surface area contributed by atoms with E-state index in [1.54, 1.807) is 18.2 Å². The molecule has 1 fully saturated rings. The maximum absolute atomic E-state index is 11.8. The van der Waals surface area contributed by atoms with Crippen LogP contribution in [0.15, 0.2) is 22.7 Å². The van der Waals surface area contributed by atoms with E-state index in [1.165, 1.54) is 0 Å². The molecule has 1 aliphatic carbocycles. The van der Waals surface area contributed by atoms with Crippen molar-refractivity contribution in [3.8, 4) is 0 Å². The van der Waals surface area contributed by atoms with Crippen LogP contribution in [-0.2, 0) is 0 Å². The molecule has 0 bridgehead atoms. The van der Waals surface area contributed by atoms with Gasteiger partial charge in [0.15, 0.2) is 0 Å². The highest BCUT2D eigenvalue weighted by atomic mass is 79.9. The van der Waals surface area contributed by atoms with Crippen molar-refractivity contribution in [2.45, 2.75) is 25.0 Å². The second-order valence-electron chi connectivity index (χ2n) is 4.07. The molecule has 1 amide bonds. The Morgan fingerprint density at radius 1 is 1.44 bits per heavy atom. The van der Waals surface area contributed by atoms with Crippen LogP contribution >= 0.6 is 15.9 Å². The Kier molecular flexibility index (Phi) is 3.16. The second kappa shape index (κ2) is 4.43. The number of carbonyl (C=O) groups is 1. The first-order valence-corrected chi connectivity index (χ1v) is 5.89. The van der Waals surface area contributed by atoms with Gasteiger partial charge in [-0.3, -0.25) is 4.79 Å². The summed E-state index contributed by atoms with van der Waals surface area (Å²) in [5, 5.41) is 12.0. The molecule has 0 heterocycles. The lowest BCUT2D eigenvalue weighted by Gasteiger charge is -2.31. The molecule has 0 atom stereocenters. The van der Waals surface area contributed by atoms with Crippen molar-refractivity contribution in [2.75, 3.05) is 5.73 Å². The zero-order valence-electron chi connectivity index (χ0n) is 8.61. The lowest BCUT2D eigenvalue weighted by atomic mass is 9.89. The molecule has 0 saturated heterocycles. The van der Waals surface area contributed by atoms with Gasteiger partial charge in [0.2, 0.25) is 0 Å². The number of carbonyl (C=O) groups excluding carboxylic acids is 1. The van der Waals surface area contributed by atoms with E-state index >= 15 is 0 Å². The molecule has 0 aliphatic heterocycles. The van der Waals surface area contributed by atoms with Crippen molar-refractivity contribution in [3.05, 3.63) is 28.2 Å². The average Bonchev–Trinajstić information content (AvgIpc) is 2.13. The number of aliphatic hydroxyl groups excluding tert-OH is 1. The summed E-state index contributed by atoms with van der Waals surface area (Å²) >= 11 is 3.29. The number of amides is 1. The summed E-state index contributed by atoms with van der Waals surface area (Å²) in [6.07, 6.45) is 1.00. The average molecular weight is 285 g/mol. The monoisotopic (exact) mass is 284 g/mol. The van der Waals surface area contributed by atoms with E-state index in [1.807, 2.05) is 0 Å². The van der Waals surface area contributed by atoms with E-state index < -0.39 is 0 Å². The predicted molar refractivity (Wildman–Crippen MR) is 65.0 cm³/mol. The molecule has 86 valence electrons. The maximum Gasteiger partial charge on any atom is 0.251 e. The first kappa shape index (κ1) is 11.4. The SMILES string of the molecule is Nc1cc(Br)cc(C(=O)NC2CC(O)C2)c1. The molecule has 4 N–H and O–H groups in total. The van der Waals surface area contributed by atoms with Crippen LogP contribution in [0.5, 0.6) is 0 Å². The molecule has 0 radical (unpaired) electrons. The van der Waals surface area contributed by atoms with Gasteiger partial charge in [0.05, 0.1) is 6.10 Å². The van der Waals surface area contributed by atoms with E-state index in [9.17, 15) is 4.79 Å². The number of hydrogen-bond acceptors (Lipinski definition) is 3. The molecule has 0 aromatic heterocycles. The van der Waals surface area contributed by atoms with Gasteiger partial charge < -0.3 is 16.2 Å². The zero-order chi connectivity index (χ0) is 11.7. The first-order valence-electron chi connectivity index (χ1n) is 5.09. The molecule has 16 heavy (non-hydrogen) atoms. The number of anilines is 1. The molecule has 2 rings (SSSR count). The van der Waals surface area contributed by atoms with Crippen LogP contribution in [0.3, 0.4) is 0 Å². The fraction of sp³-hybridized carbons (Fsp3) is 0.364. The summed E-state index contributed by atoms with van der Waals surface area (Å²) in [5.41, 5.74) is 6.73. The van der Waals surface area contributed by atoms with Gasteiger partial charge in [0.1, 0.15) is 0 Å². The largest absolute Gasteiger partial charge is 0.399 e. The lowest BCUT2D eigenvalue weighted by Crippen LogP contribution is -2.46. The number of benzene rings is 1. The van der Waals surface area contributed by atoms with Gasteiger partial charge >= 0.3 is 0 Å². The molecule has 5 heteroatoms.